The van der Waals surface area contributed by atoms with Crippen LogP contribution in [0.2, 0.25) is 15.1 Å². The van der Waals surface area contributed by atoms with Crippen LogP contribution in [0.4, 0.5) is 0 Å². The van der Waals surface area contributed by atoms with Crippen LogP contribution < -0.4 is 0 Å². The highest BCUT2D eigenvalue weighted by Gasteiger charge is 2.27. The molecule has 1 N–H and O–H groups in total. The summed E-state index contributed by atoms with van der Waals surface area (Å²) >= 11 is 18.2. The van der Waals surface area contributed by atoms with Crippen LogP contribution in [-0.2, 0) is 13.0 Å². The number of aromatic amines is 1. The van der Waals surface area contributed by atoms with Gasteiger partial charge in [0, 0.05) is 46.4 Å². The van der Waals surface area contributed by atoms with Gasteiger partial charge in [0.2, 0.25) is 0 Å². The Balaban J connectivity index is 1.65. The van der Waals surface area contributed by atoms with Crippen LogP contribution >= 0.6 is 34.8 Å². The van der Waals surface area contributed by atoms with E-state index in [4.69, 9.17) is 34.8 Å². The maximum absolute atomic E-state index is 12.9. The molecule has 0 unspecified atom stereocenters. The van der Waals surface area contributed by atoms with Crippen molar-refractivity contribution in [2.24, 2.45) is 0 Å². The minimum Gasteiger partial charge on any atom is -0.334 e. The van der Waals surface area contributed by atoms with Crippen LogP contribution in [-0.4, -0.2) is 27.5 Å². The van der Waals surface area contributed by atoms with Gasteiger partial charge in [0.15, 0.2) is 0 Å². The Morgan fingerprint density at radius 1 is 1.04 bits per heavy atom. The van der Waals surface area contributed by atoms with E-state index >= 15 is 0 Å². The third kappa shape index (κ3) is 3.20. The first kappa shape index (κ1) is 17.4. The summed E-state index contributed by atoms with van der Waals surface area (Å²) in [7, 11) is 0. The molecule has 0 radical (unpaired) electrons. The lowest BCUT2D eigenvalue weighted by Gasteiger charge is -2.27. The second kappa shape index (κ2) is 6.95. The van der Waals surface area contributed by atoms with Gasteiger partial charge in [0.05, 0.1) is 16.3 Å². The van der Waals surface area contributed by atoms with Crippen LogP contribution in [0.3, 0.4) is 0 Å². The molecule has 0 atom stereocenters. The van der Waals surface area contributed by atoms with E-state index in [1.807, 2.05) is 24.3 Å². The SMILES string of the molecule is O=C(c1cc(Cl)ccc1Cl)N1CCc2[nH]nc(-c3ccc(Cl)cc3)c2C1. The molecule has 0 bridgehead atoms. The fourth-order valence-electron chi connectivity index (χ4n) is 3.15. The van der Waals surface area contributed by atoms with Gasteiger partial charge in [-0.25, -0.2) is 0 Å². The first-order valence-electron chi connectivity index (χ1n) is 8.09. The van der Waals surface area contributed by atoms with Gasteiger partial charge in [-0.1, -0.05) is 46.9 Å². The molecule has 0 aliphatic carbocycles. The van der Waals surface area contributed by atoms with Crippen LogP contribution in [0.1, 0.15) is 21.6 Å². The quantitative estimate of drug-likeness (QED) is 0.633. The fraction of sp³-hybridized carbons (Fsp3) is 0.158. The molecule has 0 saturated carbocycles. The van der Waals surface area contributed by atoms with Gasteiger partial charge in [-0.3, -0.25) is 9.89 Å². The highest BCUT2D eigenvalue weighted by molar-refractivity contribution is 6.35. The van der Waals surface area contributed by atoms with Crippen molar-refractivity contribution in [2.75, 3.05) is 6.54 Å². The average Bonchev–Trinajstić information content (AvgIpc) is 3.07. The molecular formula is C19H14Cl3N3O. The van der Waals surface area contributed by atoms with Crippen molar-refractivity contribution in [1.29, 1.82) is 0 Å². The number of fused-ring (bicyclic) bond motifs is 1. The molecule has 1 amide bonds. The van der Waals surface area contributed by atoms with Crippen molar-refractivity contribution in [1.82, 2.24) is 15.1 Å². The number of aromatic nitrogens is 2. The zero-order chi connectivity index (χ0) is 18.3. The minimum atomic E-state index is -0.133. The Kier molecular flexibility index (Phi) is 4.65. The minimum absolute atomic E-state index is 0.133. The molecule has 0 fully saturated rings. The van der Waals surface area contributed by atoms with Gasteiger partial charge in [-0.15, -0.1) is 0 Å². The van der Waals surface area contributed by atoms with Crippen LogP contribution in [0.5, 0.6) is 0 Å². The monoisotopic (exact) mass is 405 g/mol. The third-order valence-corrected chi connectivity index (χ3v) is 5.31. The molecule has 7 heteroatoms. The topological polar surface area (TPSA) is 49.0 Å². The van der Waals surface area contributed by atoms with Crippen LogP contribution in [0.25, 0.3) is 11.3 Å². The Labute approximate surface area is 165 Å². The Hall–Kier alpha value is -2.01. The molecule has 1 aliphatic heterocycles. The lowest BCUT2D eigenvalue weighted by molar-refractivity contribution is 0.0735. The van der Waals surface area contributed by atoms with E-state index in [2.05, 4.69) is 10.2 Å². The lowest BCUT2D eigenvalue weighted by atomic mass is 10.0. The predicted octanol–water partition coefficient (Wildman–Crippen LogP) is 5.24. The number of hydrogen-bond acceptors (Lipinski definition) is 2. The fourth-order valence-corrected chi connectivity index (χ4v) is 3.64. The second-order valence-electron chi connectivity index (χ2n) is 6.14. The summed E-state index contributed by atoms with van der Waals surface area (Å²) in [5, 5.41) is 9.09. The number of hydrogen-bond donors (Lipinski definition) is 1. The van der Waals surface area contributed by atoms with Gasteiger partial charge >= 0.3 is 0 Å². The second-order valence-corrected chi connectivity index (χ2v) is 7.42. The Bertz CT molecular complexity index is 982. The summed E-state index contributed by atoms with van der Waals surface area (Å²) in [6.07, 6.45) is 0.708. The lowest BCUT2D eigenvalue weighted by Crippen LogP contribution is -2.36. The van der Waals surface area contributed by atoms with Crippen molar-refractivity contribution >= 4 is 40.7 Å². The van der Waals surface area contributed by atoms with E-state index in [-0.39, 0.29) is 5.91 Å². The summed E-state index contributed by atoms with van der Waals surface area (Å²) in [4.78, 5) is 14.7. The molecule has 132 valence electrons. The van der Waals surface area contributed by atoms with Crippen LogP contribution in [0.15, 0.2) is 42.5 Å². The largest absolute Gasteiger partial charge is 0.334 e. The molecule has 4 rings (SSSR count). The maximum atomic E-state index is 12.9. The van der Waals surface area contributed by atoms with Crippen molar-refractivity contribution < 1.29 is 4.79 Å². The van der Waals surface area contributed by atoms with Gasteiger partial charge in [0.1, 0.15) is 0 Å². The number of carbonyl (C=O) groups excluding carboxylic acids is 1. The molecule has 0 spiro atoms. The van der Waals surface area contributed by atoms with Crippen LogP contribution in [0, 0.1) is 0 Å². The molecule has 26 heavy (non-hydrogen) atoms. The zero-order valence-electron chi connectivity index (χ0n) is 13.6. The number of amides is 1. The molecule has 4 nitrogen and oxygen atoms in total. The van der Waals surface area contributed by atoms with Crippen molar-refractivity contribution in [3.8, 4) is 11.3 Å². The number of benzene rings is 2. The molecule has 3 aromatic rings. The van der Waals surface area contributed by atoms with Gasteiger partial charge in [-0.2, -0.15) is 5.10 Å². The van der Waals surface area contributed by atoms with E-state index in [0.29, 0.717) is 40.1 Å². The molecule has 1 aromatic heterocycles. The van der Waals surface area contributed by atoms with E-state index in [1.54, 1.807) is 23.1 Å². The highest BCUT2D eigenvalue weighted by atomic mass is 35.5. The smallest absolute Gasteiger partial charge is 0.255 e. The van der Waals surface area contributed by atoms with Crippen molar-refractivity contribution in [2.45, 2.75) is 13.0 Å². The van der Waals surface area contributed by atoms with E-state index in [9.17, 15) is 4.79 Å². The molecular weight excluding hydrogens is 393 g/mol. The predicted molar refractivity (Wildman–Crippen MR) is 104 cm³/mol. The number of rotatable bonds is 2. The molecule has 2 heterocycles. The number of carbonyl (C=O) groups is 1. The number of H-pyrrole nitrogens is 1. The number of nitrogens with zero attached hydrogens (tertiary/aromatic N) is 2. The van der Waals surface area contributed by atoms with Gasteiger partial charge in [0.25, 0.3) is 5.91 Å². The van der Waals surface area contributed by atoms with Gasteiger partial charge < -0.3 is 4.90 Å². The average molecular weight is 407 g/mol. The normalized spacial score (nSPS) is 13.6. The maximum Gasteiger partial charge on any atom is 0.255 e. The Morgan fingerprint density at radius 3 is 2.54 bits per heavy atom. The molecule has 1 aliphatic rings. The number of nitrogens with one attached hydrogen (secondary N) is 1. The van der Waals surface area contributed by atoms with Gasteiger partial charge in [-0.05, 0) is 30.3 Å². The summed E-state index contributed by atoms with van der Waals surface area (Å²) in [6, 6.07) is 12.4. The first-order valence-corrected chi connectivity index (χ1v) is 9.22. The van der Waals surface area contributed by atoms with Crippen molar-refractivity contribution in [3.63, 3.8) is 0 Å². The van der Waals surface area contributed by atoms with E-state index in [1.165, 1.54) is 0 Å². The summed E-state index contributed by atoms with van der Waals surface area (Å²) in [5.41, 5.74) is 4.29. The summed E-state index contributed by atoms with van der Waals surface area (Å²) in [6.45, 7) is 1.06. The molecule has 0 saturated heterocycles. The first-order chi connectivity index (χ1) is 12.5. The van der Waals surface area contributed by atoms with E-state index < -0.39 is 0 Å². The van der Waals surface area contributed by atoms with Crippen molar-refractivity contribution in [3.05, 3.63) is 74.4 Å². The standard InChI is InChI=1S/C19H14Cl3N3O/c20-12-3-1-11(2-4-12)18-15-10-25(8-7-17(15)23-24-18)19(26)14-9-13(21)5-6-16(14)22/h1-6,9H,7-8,10H2,(H,23,24). The summed E-state index contributed by atoms with van der Waals surface area (Å²) < 4.78 is 0. The Morgan fingerprint density at radius 2 is 1.77 bits per heavy atom. The number of halogens is 3. The van der Waals surface area contributed by atoms with E-state index in [0.717, 1.165) is 22.5 Å². The highest BCUT2D eigenvalue weighted by Crippen LogP contribution is 2.31. The summed E-state index contributed by atoms with van der Waals surface area (Å²) in [5.74, 6) is -0.133. The zero-order valence-corrected chi connectivity index (χ0v) is 15.9. The third-order valence-electron chi connectivity index (χ3n) is 4.50. The molecule has 2 aromatic carbocycles.